The molecule has 2 nitrogen and oxygen atoms in total. The van der Waals surface area contributed by atoms with Gasteiger partial charge in [0.2, 0.25) is 0 Å². The Morgan fingerprint density at radius 3 is 2.79 bits per heavy atom. The van der Waals surface area contributed by atoms with E-state index < -0.39 is 5.82 Å². The van der Waals surface area contributed by atoms with Gasteiger partial charge in [0.05, 0.1) is 17.0 Å². The van der Waals surface area contributed by atoms with E-state index >= 15 is 0 Å². The van der Waals surface area contributed by atoms with Gasteiger partial charge >= 0.3 is 0 Å². The zero-order valence-corrected chi connectivity index (χ0v) is 9.06. The van der Waals surface area contributed by atoms with E-state index in [1.807, 2.05) is 6.07 Å². The van der Waals surface area contributed by atoms with Crippen LogP contribution in [0.4, 0.5) is 4.39 Å². The molecule has 72 valence electrons. The summed E-state index contributed by atoms with van der Waals surface area (Å²) in [6.07, 6.45) is 0. The predicted octanol–water partition coefficient (Wildman–Crippen LogP) is 2.58. The van der Waals surface area contributed by atoms with E-state index in [9.17, 15) is 9.18 Å². The van der Waals surface area contributed by atoms with Gasteiger partial charge in [-0.3, -0.25) is 4.79 Å². The second-order valence-corrected chi connectivity index (χ2v) is 3.36. The van der Waals surface area contributed by atoms with Crippen molar-refractivity contribution in [3.05, 3.63) is 34.6 Å². The fraction of sp³-hybridized carbons (Fsp3) is 0.200. The number of ketones is 1. The summed E-state index contributed by atoms with van der Waals surface area (Å²) in [6.45, 7) is 1.51. The molecule has 1 aromatic rings. The molecular formula is C10H7BrFNO. The van der Waals surface area contributed by atoms with Crippen molar-refractivity contribution in [2.24, 2.45) is 0 Å². The molecule has 0 aliphatic carbocycles. The fourth-order valence-electron chi connectivity index (χ4n) is 1.03. The van der Waals surface area contributed by atoms with Crippen molar-refractivity contribution in [3.8, 4) is 6.07 Å². The normalized spacial score (nSPS) is 9.57. The number of rotatable bonds is 2. The number of hydrogen-bond acceptors (Lipinski definition) is 2. The van der Waals surface area contributed by atoms with E-state index in [-0.39, 0.29) is 27.8 Å². The van der Waals surface area contributed by atoms with Crippen molar-refractivity contribution in [3.63, 3.8) is 0 Å². The second kappa shape index (κ2) is 4.34. The van der Waals surface area contributed by atoms with Crippen LogP contribution in [0.15, 0.2) is 12.1 Å². The van der Waals surface area contributed by atoms with Crippen molar-refractivity contribution in [2.75, 3.05) is 5.33 Å². The van der Waals surface area contributed by atoms with Gasteiger partial charge in [-0.25, -0.2) is 4.39 Å². The Labute approximate surface area is 89.5 Å². The van der Waals surface area contributed by atoms with Gasteiger partial charge in [-0.05, 0) is 19.1 Å². The van der Waals surface area contributed by atoms with Crippen LogP contribution >= 0.6 is 15.9 Å². The number of Topliss-reactive ketones (excluding diaryl/α,β-unsaturated/α-hetero) is 1. The fourth-order valence-corrected chi connectivity index (χ4v) is 1.36. The van der Waals surface area contributed by atoms with E-state index in [1.165, 1.54) is 13.0 Å². The lowest BCUT2D eigenvalue weighted by atomic mass is 10.0. The van der Waals surface area contributed by atoms with Crippen LogP contribution in [0.3, 0.4) is 0 Å². The summed E-state index contributed by atoms with van der Waals surface area (Å²) in [5, 5.41) is 8.81. The lowest BCUT2D eigenvalue weighted by molar-refractivity contribution is 0.102. The van der Waals surface area contributed by atoms with Crippen LogP contribution in [0.25, 0.3) is 0 Å². The maximum Gasteiger partial charge on any atom is 0.173 e. The predicted molar refractivity (Wildman–Crippen MR) is 54.0 cm³/mol. The highest BCUT2D eigenvalue weighted by atomic mass is 79.9. The van der Waals surface area contributed by atoms with Crippen LogP contribution in [0, 0.1) is 24.1 Å². The lowest BCUT2D eigenvalue weighted by Gasteiger charge is -2.02. The molecule has 0 unspecified atom stereocenters. The zero-order chi connectivity index (χ0) is 10.7. The first-order valence-electron chi connectivity index (χ1n) is 3.89. The number of nitrogens with zero attached hydrogens (tertiary/aromatic N) is 1. The average Bonchev–Trinajstić information content (AvgIpc) is 2.20. The topological polar surface area (TPSA) is 40.9 Å². The van der Waals surface area contributed by atoms with Crippen LogP contribution in [0.2, 0.25) is 0 Å². The third-order valence-electron chi connectivity index (χ3n) is 1.91. The highest BCUT2D eigenvalue weighted by Gasteiger charge is 2.11. The molecule has 0 bridgehead atoms. The first-order valence-corrected chi connectivity index (χ1v) is 5.01. The van der Waals surface area contributed by atoms with Gasteiger partial charge in [-0.1, -0.05) is 15.9 Å². The van der Waals surface area contributed by atoms with E-state index in [0.717, 1.165) is 6.07 Å². The van der Waals surface area contributed by atoms with E-state index in [1.54, 1.807) is 0 Å². The summed E-state index contributed by atoms with van der Waals surface area (Å²) >= 11 is 2.99. The molecule has 0 aromatic heterocycles. The smallest absolute Gasteiger partial charge is 0.173 e. The Hall–Kier alpha value is -1.21. The lowest BCUT2D eigenvalue weighted by Crippen LogP contribution is -2.02. The van der Waals surface area contributed by atoms with Gasteiger partial charge in [0.1, 0.15) is 5.82 Å². The SMILES string of the molecule is Cc1c(F)cc(C(=O)CBr)cc1C#N. The van der Waals surface area contributed by atoms with Crippen molar-refractivity contribution in [1.29, 1.82) is 5.26 Å². The standard InChI is InChI=1S/C10H7BrFNO/c1-6-8(5-13)2-7(3-9(6)12)10(14)4-11/h2-3H,4H2,1H3. The number of halogens is 2. The highest BCUT2D eigenvalue weighted by molar-refractivity contribution is 9.09. The summed E-state index contributed by atoms with van der Waals surface area (Å²) in [5.74, 6) is -0.756. The van der Waals surface area contributed by atoms with E-state index in [0.29, 0.717) is 0 Å². The molecular weight excluding hydrogens is 249 g/mol. The van der Waals surface area contributed by atoms with Crippen LogP contribution in [0.1, 0.15) is 21.5 Å². The number of carbonyl (C=O) groups excluding carboxylic acids is 1. The molecule has 0 heterocycles. The highest BCUT2D eigenvalue weighted by Crippen LogP contribution is 2.15. The van der Waals surface area contributed by atoms with Gasteiger partial charge in [0.15, 0.2) is 5.78 Å². The van der Waals surface area contributed by atoms with Gasteiger partial charge in [-0.15, -0.1) is 0 Å². The molecule has 0 fully saturated rings. The molecule has 0 amide bonds. The Morgan fingerprint density at radius 1 is 1.64 bits per heavy atom. The molecule has 0 N–H and O–H groups in total. The van der Waals surface area contributed by atoms with Crippen molar-refractivity contribution in [1.82, 2.24) is 0 Å². The average molecular weight is 256 g/mol. The van der Waals surface area contributed by atoms with Crippen molar-refractivity contribution < 1.29 is 9.18 Å². The minimum Gasteiger partial charge on any atom is -0.293 e. The van der Waals surface area contributed by atoms with Crippen LogP contribution in [-0.4, -0.2) is 11.1 Å². The molecule has 1 rings (SSSR count). The summed E-state index contributed by atoms with van der Waals surface area (Å²) in [5.41, 5.74) is 0.703. The Bertz CT molecular complexity index is 423. The Morgan fingerprint density at radius 2 is 2.29 bits per heavy atom. The number of carbonyl (C=O) groups is 1. The van der Waals surface area contributed by atoms with Crippen LogP contribution in [-0.2, 0) is 0 Å². The molecule has 1 aromatic carbocycles. The second-order valence-electron chi connectivity index (χ2n) is 2.80. The number of nitriles is 1. The van der Waals surface area contributed by atoms with Gasteiger partial charge in [0, 0.05) is 11.1 Å². The molecule has 4 heteroatoms. The molecule has 0 aliphatic heterocycles. The summed E-state index contributed by atoms with van der Waals surface area (Å²) in [7, 11) is 0. The summed E-state index contributed by atoms with van der Waals surface area (Å²) < 4.78 is 13.2. The molecule has 0 spiro atoms. The van der Waals surface area contributed by atoms with Crippen LogP contribution in [0.5, 0.6) is 0 Å². The Kier molecular flexibility index (Phi) is 3.37. The number of hydrogen-bond donors (Lipinski definition) is 0. The van der Waals surface area contributed by atoms with Crippen molar-refractivity contribution >= 4 is 21.7 Å². The largest absolute Gasteiger partial charge is 0.293 e. The maximum atomic E-state index is 13.2. The molecule has 14 heavy (non-hydrogen) atoms. The summed E-state index contributed by atoms with van der Waals surface area (Å²) in [4.78, 5) is 11.2. The monoisotopic (exact) mass is 255 g/mol. The Balaban J connectivity index is 3.32. The van der Waals surface area contributed by atoms with E-state index in [2.05, 4.69) is 15.9 Å². The number of benzene rings is 1. The first-order chi connectivity index (χ1) is 6.60. The van der Waals surface area contributed by atoms with E-state index in [4.69, 9.17) is 5.26 Å². The van der Waals surface area contributed by atoms with Crippen LogP contribution < -0.4 is 0 Å². The third-order valence-corrected chi connectivity index (χ3v) is 2.42. The first kappa shape index (κ1) is 10.9. The minimum absolute atomic E-state index is 0.125. The zero-order valence-electron chi connectivity index (χ0n) is 7.47. The van der Waals surface area contributed by atoms with Gasteiger partial charge < -0.3 is 0 Å². The van der Waals surface area contributed by atoms with Gasteiger partial charge in [0.25, 0.3) is 0 Å². The summed E-state index contributed by atoms with van der Waals surface area (Å²) in [6, 6.07) is 4.41. The van der Waals surface area contributed by atoms with Gasteiger partial charge in [-0.2, -0.15) is 5.26 Å². The number of alkyl halides is 1. The minimum atomic E-state index is -0.520. The molecule has 0 saturated carbocycles. The molecule has 0 radical (unpaired) electrons. The van der Waals surface area contributed by atoms with Crippen molar-refractivity contribution in [2.45, 2.75) is 6.92 Å². The molecule has 0 aliphatic rings. The molecule has 0 atom stereocenters. The molecule has 0 saturated heterocycles. The quantitative estimate of drug-likeness (QED) is 0.602. The maximum absolute atomic E-state index is 13.2. The third kappa shape index (κ3) is 1.99.